The number of aliphatic hydroxyl groups is 1. The number of carbonyl (C=O) groups is 1. The van der Waals surface area contributed by atoms with Gasteiger partial charge in [-0.25, -0.2) is 4.79 Å². The SMILES string of the molecule is CC(NC(=O)NCC1(O)CCSC1)c1ccc(C(F)(F)F)cc1. The number of hydrogen-bond acceptors (Lipinski definition) is 3. The third kappa shape index (κ3) is 5.04. The summed E-state index contributed by atoms with van der Waals surface area (Å²) in [5.74, 6) is 1.45. The minimum absolute atomic E-state index is 0.158. The van der Waals surface area contributed by atoms with Crippen LogP contribution >= 0.6 is 11.8 Å². The molecule has 0 bridgehead atoms. The van der Waals surface area contributed by atoms with Crippen LogP contribution in [-0.4, -0.2) is 34.8 Å². The molecule has 1 saturated heterocycles. The first-order valence-corrected chi connectivity index (χ1v) is 8.37. The van der Waals surface area contributed by atoms with Gasteiger partial charge < -0.3 is 15.7 Å². The van der Waals surface area contributed by atoms with Crippen LogP contribution in [0.15, 0.2) is 24.3 Å². The van der Waals surface area contributed by atoms with Gasteiger partial charge in [0, 0.05) is 12.3 Å². The lowest BCUT2D eigenvalue weighted by molar-refractivity contribution is -0.137. The first-order chi connectivity index (χ1) is 10.7. The molecule has 128 valence electrons. The van der Waals surface area contributed by atoms with Crippen molar-refractivity contribution in [3.8, 4) is 0 Å². The fraction of sp³-hybridized carbons (Fsp3) is 0.533. The summed E-state index contributed by atoms with van der Waals surface area (Å²) in [4.78, 5) is 11.8. The molecule has 1 fully saturated rings. The van der Waals surface area contributed by atoms with Crippen molar-refractivity contribution >= 4 is 17.8 Å². The van der Waals surface area contributed by atoms with Crippen molar-refractivity contribution in [2.24, 2.45) is 0 Å². The van der Waals surface area contributed by atoms with E-state index in [2.05, 4.69) is 10.6 Å². The zero-order valence-electron chi connectivity index (χ0n) is 12.6. The molecule has 0 aromatic heterocycles. The van der Waals surface area contributed by atoms with Crippen LogP contribution in [-0.2, 0) is 6.18 Å². The molecule has 1 aromatic rings. The third-order valence-corrected chi connectivity index (χ3v) is 4.98. The third-order valence-electron chi connectivity index (χ3n) is 3.75. The van der Waals surface area contributed by atoms with Crippen LogP contribution in [0.4, 0.5) is 18.0 Å². The summed E-state index contributed by atoms with van der Waals surface area (Å²) in [7, 11) is 0. The standard InChI is InChI=1S/C15H19F3N2O2S/c1-10(11-2-4-12(5-3-11)15(16,17)18)20-13(21)19-8-14(22)6-7-23-9-14/h2-5,10,22H,6-9H2,1H3,(H2,19,20,21). The largest absolute Gasteiger partial charge is 0.416 e. The molecule has 1 aromatic carbocycles. The maximum Gasteiger partial charge on any atom is 0.416 e. The van der Waals surface area contributed by atoms with Gasteiger partial charge in [-0.1, -0.05) is 12.1 Å². The van der Waals surface area contributed by atoms with Gasteiger partial charge in [-0.05, 0) is 36.8 Å². The molecule has 0 radical (unpaired) electrons. The van der Waals surface area contributed by atoms with Crippen molar-refractivity contribution in [1.82, 2.24) is 10.6 Å². The van der Waals surface area contributed by atoms with E-state index in [0.29, 0.717) is 17.7 Å². The van der Waals surface area contributed by atoms with Gasteiger partial charge in [0.25, 0.3) is 0 Å². The normalized spacial score (nSPS) is 22.7. The molecular weight excluding hydrogens is 329 g/mol. The van der Waals surface area contributed by atoms with Crippen molar-refractivity contribution in [2.75, 3.05) is 18.1 Å². The van der Waals surface area contributed by atoms with Gasteiger partial charge in [0.05, 0.1) is 17.2 Å². The smallest absolute Gasteiger partial charge is 0.387 e. The summed E-state index contributed by atoms with van der Waals surface area (Å²) in [6.07, 6.45) is -3.74. The monoisotopic (exact) mass is 348 g/mol. The molecule has 0 aliphatic carbocycles. The average molecular weight is 348 g/mol. The van der Waals surface area contributed by atoms with E-state index in [1.54, 1.807) is 18.7 Å². The molecule has 2 rings (SSSR count). The molecular formula is C15H19F3N2O2S. The Balaban J connectivity index is 1.85. The van der Waals surface area contributed by atoms with Crippen molar-refractivity contribution in [3.63, 3.8) is 0 Å². The van der Waals surface area contributed by atoms with E-state index < -0.39 is 29.4 Å². The molecule has 4 nitrogen and oxygen atoms in total. The Morgan fingerprint density at radius 3 is 2.57 bits per heavy atom. The summed E-state index contributed by atoms with van der Waals surface area (Å²) in [5.41, 5.74) is -1.03. The molecule has 2 atom stereocenters. The van der Waals surface area contributed by atoms with Crippen LogP contribution in [0.5, 0.6) is 0 Å². The summed E-state index contributed by atoms with van der Waals surface area (Å²) < 4.78 is 37.5. The van der Waals surface area contributed by atoms with Gasteiger partial charge >= 0.3 is 12.2 Å². The Morgan fingerprint density at radius 1 is 1.39 bits per heavy atom. The lowest BCUT2D eigenvalue weighted by Crippen LogP contribution is -2.46. The average Bonchev–Trinajstić information content (AvgIpc) is 2.92. The van der Waals surface area contributed by atoms with E-state index in [1.807, 2.05) is 0 Å². The van der Waals surface area contributed by atoms with E-state index >= 15 is 0 Å². The van der Waals surface area contributed by atoms with Gasteiger partial charge in [0.2, 0.25) is 0 Å². The minimum Gasteiger partial charge on any atom is -0.387 e. The van der Waals surface area contributed by atoms with Crippen molar-refractivity contribution in [3.05, 3.63) is 35.4 Å². The second-order valence-corrected chi connectivity index (χ2v) is 6.80. The number of carbonyl (C=O) groups excluding carboxylic acids is 1. The lowest BCUT2D eigenvalue weighted by atomic mass is 10.0. The fourth-order valence-electron chi connectivity index (χ4n) is 2.27. The van der Waals surface area contributed by atoms with E-state index in [1.165, 1.54) is 12.1 Å². The number of rotatable bonds is 4. The summed E-state index contributed by atoms with van der Waals surface area (Å²) >= 11 is 1.63. The highest BCUT2D eigenvalue weighted by atomic mass is 32.2. The molecule has 2 amide bonds. The molecule has 1 aliphatic heterocycles. The van der Waals surface area contributed by atoms with Crippen LogP contribution < -0.4 is 10.6 Å². The van der Waals surface area contributed by atoms with Crippen LogP contribution in [0.1, 0.15) is 30.5 Å². The summed E-state index contributed by atoms with van der Waals surface area (Å²) in [5, 5.41) is 15.4. The van der Waals surface area contributed by atoms with Crippen molar-refractivity contribution in [1.29, 1.82) is 0 Å². The summed E-state index contributed by atoms with van der Waals surface area (Å²) in [6.45, 7) is 1.84. The topological polar surface area (TPSA) is 61.4 Å². The van der Waals surface area contributed by atoms with Gasteiger partial charge in [0.15, 0.2) is 0 Å². The number of nitrogens with one attached hydrogen (secondary N) is 2. The number of halogens is 3. The van der Waals surface area contributed by atoms with Crippen LogP contribution in [0.2, 0.25) is 0 Å². The second kappa shape index (κ2) is 7.00. The number of urea groups is 1. The molecule has 1 heterocycles. The van der Waals surface area contributed by atoms with E-state index in [9.17, 15) is 23.1 Å². The second-order valence-electron chi connectivity index (χ2n) is 5.70. The van der Waals surface area contributed by atoms with Crippen LogP contribution in [0.25, 0.3) is 0 Å². The van der Waals surface area contributed by atoms with E-state index in [-0.39, 0.29) is 6.54 Å². The minimum atomic E-state index is -4.37. The maximum atomic E-state index is 12.5. The quantitative estimate of drug-likeness (QED) is 0.784. The highest BCUT2D eigenvalue weighted by Gasteiger charge is 2.32. The van der Waals surface area contributed by atoms with Gasteiger partial charge in [-0.3, -0.25) is 0 Å². The molecule has 8 heteroatoms. The molecule has 0 spiro atoms. The predicted molar refractivity (Wildman–Crippen MR) is 83.3 cm³/mol. The number of alkyl halides is 3. The Hall–Kier alpha value is -1.41. The summed E-state index contributed by atoms with van der Waals surface area (Å²) in [6, 6.07) is 3.77. The van der Waals surface area contributed by atoms with Crippen molar-refractivity contribution < 1.29 is 23.1 Å². The fourth-order valence-corrected chi connectivity index (χ4v) is 3.57. The predicted octanol–water partition coefficient (Wildman–Crippen LogP) is 2.93. The highest BCUT2D eigenvalue weighted by molar-refractivity contribution is 7.99. The van der Waals surface area contributed by atoms with E-state index in [4.69, 9.17) is 0 Å². The molecule has 23 heavy (non-hydrogen) atoms. The molecule has 2 unspecified atom stereocenters. The number of hydrogen-bond donors (Lipinski definition) is 3. The zero-order valence-corrected chi connectivity index (χ0v) is 13.4. The van der Waals surface area contributed by atoms with Crippen LogP contribution in [0.3, 0.4) is 0 Å². The van der Waals surface area contributed by atoms with Gasteiger partial charge in [-0.2, -0.15) is 24.9 Å². The van der Waals surface area contributed by atoms with Crippen molar-refractivity contribution in [2.45, 2.75) is 31.2 Å². The Kier molecular flexibility index (Phi) is 5.46. The van der Waals surface area contributed by atoms with Gasteiger partial charge in [-0.15, -0.1) is 0 Å². The maximum absolute atomic E-state index is 12.5. The Bertz CT molecular complexity index is 543. The lowest BCUT2D eigenvalue weighted by Gasteiger charge is -2.23. The highest BCUT2D eigenvalue weighted by Crippen LogP contribution is 2.30. The molecule has 0 saturated carbocycles. The number of thioether (sulfide) groups is 1. The first kappa shape index (κ1) is 17.9. The Morgan fingerprint density at radius 2 is 2.04 bits per heavy atom. The molecule has 1 aliphatic rings. The van der Waals surface area contributed by atoms with Gasteiger partial charge in [0.1, 0.15) is 0 Å². The van der Waals surface area contributed by atoms with Crippen LogP contribution in [0, 0.1) is 0 Å². The Labute approximate surface area is 136 Å². The number of amides is 2. The zero-order chi connectivity index (χ0) is 17.1. The molecule has 3 N–H and O–H groups in total. The first-order valence-electron chi connectivity index (χ1n) is 7.21. The number of benzene rings is 1. The van der Waals surface area contributed by atoms with E-state index in [0.717, 1.165) is 17.9 Å².